The second-order valence-corrected chi connectivity index (χ2v) is 6.88. The van der Waals surface area contributed by atoms with Crippen molar-refractivity contribution in [2.75, 3.05) is 13.1 Å². The molecule has 0 aliphatic carbocycles. The molecule has 0 atom stereocenters. The molecule has 0 bridgehead atoms. The zero-order valence-corrected chi connectivity index (χ0v) is 15.0. The normalized spacial score (nSPS) is 13.9. The summed E-state index contributed by atoms with van der Waals surface area (Å²) in [6.07, 6.45) is 4.82. The van der Waals surface area contributed by atoms with E-state index >= 15 is 0 Å². The Kier molecular flexibility index (Phi) is 4.87. The minimum Gasteiger partial charge on any atom is -0.343 e. The Balaban J connectivity index is 1.45. The summed E-state index contributed by atoms with van der Waals surface area (Å²) in [7, 11) is 0. The van der Waals surface area contributed by atoms with Crippen molar-refractivity contribution >= 4 is 5.91 Å². The minimum atomic E-state index is 0.149. The van der Waals surface area contributed by atoms with Gasteiger partial charge in [-0.05, 0) is 48.1 Å². The number of aryl methyl sites for hydroxylation is 2. The molecule has 1 aliphatic rings. The molecule has 1 aliphatic heterocycles. The van der Waals surface area contributed by atoms with Crippen LogP contribution >= 0.6 is 0 Å². The van der Waals surface area contributed by atoms with Gasteiger partial charge in [-0.25, -0.2) is 0 Å². The molecule has 0 saturated heterocycles. The number of amides is 1. The molecule has 1 aromatic heterocycles. The SMILES string of the molecule is O=C(c1cccn1CCc1ccccc1)N1CCc2ccccc2CC1. The van der Waals surface area contributed by atoms with Crippen LogP contribution in [0.1, 0.15) is 27.2 Å². The molecule has 2 aromatic carbocycles. The van der Waals surface area contributed by atoms with Crippen LogP contribution in [0.3, 0.4) is 0 Å². The first-order chi connectivity index (χ1) is 12.8. The summed E-state index contributed by atoms with van der Waals surface area (Å²) in [5.41, 5.74) is 4.85. The highest BCUT2D eigenvalue weighted by Gasteiger charge is 2.21. The lowest BCUT2D eigenvalue weighted by molar-refractivity contribution is 0.0752. The van der Waals surface area contributed by atoms with E-state index in [4.69, 9.17) is 0 Å². The summed E-state index contributed by atoms with van der Waals surface area (Å²) < 4.78 is 2.09. The van der Waals surface area contributed by atoms with Crippen LogP contribution in [0.4, 0.5) is 0 Å². The zero-order valence-electron chi connectivity index (χ0n) is 15.0. The van der Waals surface area contributed by atoms with Crippen LogP contribution in [-0.4, -0.2) is 28.5 Å². The van der Waals surface area contributed by atoms with E-state index in [1.165, 1.54) is 16.7 Å². The molecule has 0 saturated carbocycles. The molecule has 132 valence electrons. The summed E-state index contributed by atoms with van der Waals surface area (Å²) in [5.74, 6) is 0.149. The zero-order chi connectivity index (χ0) is 17.8. The van der Waals surface area contributed by atoms with Crippen LogP contribution in [-0.2, 0) is 25.8 Å². The van der Waals surface area contributed by atoms with Crippen molar-refractivity contribution in [2.45, 2.75) is 25.8 Å². The second kappa shape index (κ2) is 7.61. The van der Waals surface area contributed by atoms with Crippen molar-refractivity contribution < 1.29 is 4.79 Å². The van der Waals surface area contributed by atoms with E-state index in [2.05, 4.69) is 53.1 Å². The fourth-order valence-corrected chi connectivity index (χ4v) is 3.73. The number of nitrogens with zero attached hydrogens (tertiary/aromatic N) is 2. The lowest BCUT2D eigenvalue weighted by atomic mass is 10.0. The van der Waals surface area contributed by atoms with Crippen molar-refractivity contribution in [3.63, 3.8) is 0 Å². The molecule has 0 fully saturated rings. The second-order valence-electron chi connectivity index (χ2n) is 6.88. The van der Waals surface area contributed by atoms with E-state index in [0.29, 0.717) is 0 Å². The maximum atomic E-state index is 13.1. The highest BCUT2D eigenvalue weighted by molar-refractivity contribution is 5.92. The summed E-state index contributed by atoms with van der Waals surface area (Å²) in [4.78, 5) is 15.1. The van der Waals surface area contributed by atoms with Crippen LogP contribution < -0.4 is 0 Å². The van der Waals surface area contributed by atoms with Crippen LogP contribution in [0.5, 0.6) is 0 Å². The summed E-state index contributed by atoms with van der Waals surface area (Å²) >= 11 is 0. The monoisotopic (exact) mass is 344 g/mol. The molecule has 26 heavy (non-hydrogen) atoms. The fraction of sp³-hybridized carbons (Fsp3) is 0.261. The predicted octanol–water partition coefficient (Wildman–Crippen LogP) is 3.97. The third-order valence-electron chi connectivity index (χ3n) is 5.24. The van der Waals surface area contributed by atoms with E-state index in [9.17, 15) is 4.79 Å². The van der Waals surface area contributed by atoms with E-state index in [1.807, 2.05) is 29.3 Å². The lowest BCUT2D eigenvalue weighted by Crippen LogP contribution is -2.34. The third kappa shape index (κ3) is 3.57. The maximum absolute atomic E-state index is 13.1. The van der Waals surface area contributed by atoms with Gasteiger partial charge in [0.2, 0.25) is 0 Å². The molecule has 0 radical (unpaired) electrons. The van der Waals surface area contributed by atoms with Gasteiger partial charge >= 0.3 is 0 Å². The van der Waals surface area contributed by atoms with E-state index < -0.39 is 0 Å². The number of fused-ring (bicyclic) bond motifs is 1. The van der Waals surface area contributed by atoms with Gasteiger partial charge in [-0.15, -0.1) is 0 Å². The quantitative estimate of drug-likeness (QED) is 0.703. The Morgan fingerprint density at radius 1 is 0.808 bits per heavy atom. The molecular formula is C23H24N2O. The molecule has 3 nitrogen and oxygen atoms in total. The van der Waals surface area contributed by atoms with Crippen molar-refractivity contribution in [3.8, 4) is 0 Å². The first-order valence-corrected chi connectivity index (χ1v) is 9.36. The van der Waals surface area contributed by atoms with E-state index in [0.717, 1.165) is 44.6 Å². The highest BCUT2D eigenvalue weighted by atomic mass is 16.2. The third-order valence-corrected chi connectivity index (χ3v) is 5.24. The van der Waals surface area contributed by atoms with Crippen molar-refractivity contribution in [2.24, 2.45) is 0 Å². The number of hydrogen-bond acceptors (Lipinski definition) is 1. The van der Waals surface area contributed by atoms with Gasteiger partial charge < -0.3 is 9.47 Å². The Labute approximate surface area is 154 Å². The Hall–Kier alpha value is -2.81. The van der Waals surface area contributed by atoms with E-state index in [-0.39, 0.29) is 5.91 Å². The van der Waals surface area contributed by atoms with Crippen LogP contribution in [0.15, 0.2) is 72.9 Å². The van der Waals surface area contributed by atoms with Gasteiger partial charge in [-0.1, -0.05) is 54.6 Å². The van der Waals surface area contributed by atoms with Gasteiger partial charge in [0.05, 0.1) is 0 Å². The van der Waals surface area contributed by atoms with Crippen LogP contribution in [0.2, 0.25) is 0 Å². The van der Waals surface area contributed by atoms with Crippen LogP contribution in [0, 0.1) is 0 Å². The summed E-state index contributed by atoms with van der Waals surface area (Å²) in [6.45, 7) is 2.41. The average Bonchev–Trinajstić information content (AvgIpc) is 3.05. The molecule has 0 spiro atoms. The highest BCUT2D eigenvalue weighted by Crippen LogP contribution is 2.18. The fourth-order valence-electron chi connectivity index (χ4n) is 3.73. The molecule has 3 aromatic rings. The number of carbonyl (C=O) groups is 1. The topological polar surface area (TPSA) is 25.2 Å². The van der Waals surface area contributed by atoms with Crippen molar-refractivity contribution in [1.82, 2.24) is 9.47 Å². The number of hydrogen-bond donors (Lipinski definition) is 0. The van der Waals surface area contributed by atoms with Gasteiger partial charge in [0.15, 0.2) is 0 Å². The van der Waals surface area contributed by atoms with Crippen molar-refractivity contribution in [1.29, 1.82) is 0 Å². The average molecular weight is 344 g/mol. The van der Waals surface area contributed by atoms with Gasteiger partial charge in [0.25, 0.3) is 5.91 Å². The Bertz CT molecular complexity index is 855. The molecular weight excluding hydrogens is 320 g/mol. The molecule has 0 N–H and O–H groups in total. The molecule has 0 unspecified atom stereocenters. The summed E-state index contributed by atoms with van der Waals surface area (Å²) in [5, 5.41) is 0. The van der Waals surface area contributed by atoms with Gasteiger partial charge in [0, 0.05) is 25.8 Å². The number of aromatic nitrogens is 1. The summed E-state index contributed by atoms with van der Waals surface area (Å²) in [6, 6.07) is 22.9. The minimum absolute atomic E-state index is 0.149. The molecule has 1 amide bonds. The number of benzene rings is 2. The Morgan fingerprint density at radius 3 is 2.15 bits per heavy atom. The molecule has 2 heterocycles. The standard InChI is InChI=1S/C23H24N2O/c26-23(25-17-13-20-9-4-5-10-21(20)14-18-25)22-11-6-15-24(22)16-12-19-7-2-1-3-8-19/h1-11,15H,12-14,16-18H2. The van der Waals surface area contributed by atoms with Crippen LogP contribution in [0.25, 0.3) is 0 Å². The smallest absolute Gasteiger partial charge is 0.270 e. The van der Waals surface area contributed by atoms with Gasteiger partial charge in [0.1, 0.15) is 5.69 Å². The van der Waals surface area contributed by atoms with E-state index in [1.54, 1.807) is 0 Å². The molecule has 4 rings (SSSR count). The molecule has 3 heteroatoms. The predicted molar refractivity (Wildman–Crippen MR) is 104 cm³/mol. The number of rotatable bonds is 4. The van der Waals surface area contributed by atoms with Gasteiger partial charge in [-0.2, -0.15) is 0 Å². The van der Waals surface area contributed by atoms with Gasteiger partial charge in [-0.3, -0.25) is 4.79 Å². The first kappa shape index (κ1) is 16.6. The largest absolute Gasteiger partial charge is 0.343 e. The number of carbonyl (C=O) groups excluding carboxylic acids is 1. The lowest BCUT2D eigenvalue weighted by Gasteiger charge is -2.21. The first-order valence-electron chi connectivity index (χ1n) is 9.36. The van der Waals surface area contributed by atoms with Crippen molar-refractivity contribution in [3.05, 3.63) is 95.3 Å². The maximum Gasteiger partial charge on any atom is 0.270 e. The Morgan fingerprint density at radius 2 is 1.46 bits per heavy atom.